The van der Waals surface area contributed by atoms with Gasteiger partial charge in [-0.25, -0.2) is 4.39 Å². The first-order valence-corrected chi connectivity index (χ1v) is 7.33. The van der Waals surface area contributed by atoms with Crippen molar-refractivity contribution >= 4 is 11.8 Å². The van der Waals surface area contributed by atoms with E-state index in [0.29, 0.717) is 31.6 Å². The van der Waals surface area contributed by atoms with Gasteiger partial charge in [0.25, 0.3) is 0 Å². The summed E-state index contributed by atoms with van der Waals surface area (Å²) in [4.78, 5) is 25.8. The Morgan fingerprint density at radius 2 is 2.18 bits per heavy atom. The van der Waals surface area contributed by atoms with Crippen LogP contribution in [0.1, 0.15) is 24.4 Å². The van der Waals surface area contributed by atoms with Gasteiger partial charge in [-0.05, 0) is 12.5 Å². The molecular formula is C16H21FN2O3. The Hall–Kier alpha value is -1.95. The minimum absolute atomic E-state index is 0.0748. The van der Waals surface area contributed by atoms with Crippen LogP contribution >= 0.6 is 0 Å². The van der Waals surface area contributed by atoms with Crippen LogP contribution in [0.2, 0.25) is 0 Å². The van der Waals surface area contributed by atoms with Crippen molar-refractivity contribution in [2.24, 2.45) is 5.92 Å². The van der Waals surface area contributed by atoms with E-state index < -0.39 is 17.8 Å². The first kappa shape index (κ1) is 16.4. The first-order chi connectivity index (χ1) is 10.6. The van der Waals surface area contributed by atoms with Gasteiger partial charge in [0.15, 0.2) is 0 Å². The third-order valence-corrected chi connectivity index (χ3v) is 4.03. The van der Waals surface area contributed by atoms with E-state index in [9.17, 15) is 14.0 Å². The summed E-state index contributed by atoms with van der Waals surface area (Å²) in [5.74, 6) is -1.11. The molecule has 2 rings (SSSR count). The van der Waals surface area contributed by atoms with E-state index in [-0.39, 0.29) is 11.8 Å². The van der Waals surface area contributed by atoms with Gasteiger partial charge in [-0.2, -0.15) is 0 Å². The number of carbonyl (C=O) groups excluding carboxylic acids is 2. The number of halogens is 1. The fraction of sp³-hybridized carbons (Fsp3) is 0.500. The van der Waals surface area contributed by atoms with E-state index >= 15 is 0 Å². The lowest BCUT2D eigenvalue weighted by Crippen LogP contribution is -2.47. The van der Waals surface area contributed by atoms with Crippen LogP contribution in [-0.4, -0.2) is 44.0 Å². The van der Waals surface area contributed by atoms with Crippen molar-refractivity contribution in [1.82, 2.24) is 10.2 Å². The molecule has 1 fully saturated rings. The third-order valence-electron chi connectivity index (χ3n) is 4.03. The van der Waals surface area contributed by atoms with Gasteiger partial charge < -0.3 is 15.0 Å². The topological polar surface area (TPSA) is 58.6 Å². The highest BCUT2D eigenvalue weighted by Gasteiger charge is 2.39. The number of hydrogen-bond donors (Lipinski definition) is 1. The fourth-order valence-corrected chi connectivity index (χ4v) is 2.86. The van der Waals surface area contributed by atoms with E-state index in [0.717, 1.165) is 0 Å². The zero-order valence-corrected chi connectivity index (χ0v) is 12.8. The monoisotopic (exact) mass is 308 g/mol. The van der Waals surface area contributed by atoms with Crippen molar-refractivity contribution in [2.75, 3.05) is 27.3 Å². The lowest BCUT2D eigenvalue weighted by molar-refractivity contribution is -0.141. The minimum atomic E-state index is -0.579. The number of rotatable bonds is 5. The summed E-state index contributed by atoms with van der Waals surface area (Å²) in [7, 11) is 3.18. The van der Waals surface area contributed by atoms with Gasteiger partial charge in [0, 0.05) is 32.7 Å². The summed E-state index contributed by atoms with van der Waals surface area (Å²) in [5, 5.41) is 2.78. The van der Waals surface area contributed by atoms with Gasteiger partial charge in [0.2, 0.25) is 11.8 Å². The zero-order chi connectivity index (χ0) is 16.1. The number of likely N-dealkylation sites (tertiary alicyclic amines) is 1. The summed E-state index contributed by atoms with van der Waals surface area (Å²) in [6.07, 6.45) is 0.713. The molecule has 1 saturated heterocycles. The van der Waals surface area contributed by atoms with Gasteiger partial charge in [0.05, 0.1) is 18.6 Å². The Kier molecular flexibility index (Phi) is 5.49. The number of benzene rings is 1. The molecule has 0 spiro atoms. The molecular weight excluding hydrogens is 287 g/mol. The van der Waals surface area contributed by atoms with Crippen molar-refractivity contribution in [3.8, 4) is 0 Å². The van der Waals surface area contributed by atoms with Crippen LogP contribution in [0.25, 0.3) is 0 Å². The summed E-state index contributed by atoms with van der Waals surface area (Å²) < 4.78 is 19.0. The molecule has 2 amide bonds. The van der Waals surface area contributed by atoms with Crippen molar-refractivity contribution < 1.29 is 18.7 Å². The molecule has 0 aromatic heterocycles. The molecule has 6 heteroatoms. The van der Waals surface area contributed by atoms with Gasteiger partial charge in [-0.1, -0.05) is 18.2 Å². The van der Waals surface area contributed by atoms with Gasteiger partial charge in [-0.3, -0.25) is 9.59 Å². The largest absolute Gasteiger partial charge is 0.383 e. The lowest BCUT2D eigenvalue weighted by Gasteiger charge is -2.38. The Labute approximate surface area is 129 Å². The fourth-order valence-electron chi connectivity index (χ4n) is 2.86. The van der Waals surface area contributed by atoms with Crippen LogP contribution in [0, 0.1) is 11.7 Å². The van der Waals surface area contributed by atoms with Gasteiger partial charge in [-0.15, -0.1) is 0 Å². The maximum absolute atomic E-state index is 14.1. The smallest absolute Gasteiger partial charge is 0.225 e. The molecule has 1 aliphatic heterocycles. The van der Waals surface area contributed by atoms with Crippen molar-refractivity contribution in [3.63, 3.8) is 0 Å². The Morgan fingerprint density at radius 1 is 1.45 bits per heavy atom. The molecule has 0 unspecified atom stereocenters. The maximum atomic E-state index is 14.1. The summed E-state index contributed by atoms with van der Waals surface area (Å²) in [5.41, 5.74) is 0.380. The van der Waals surface area contributed by atoms with Crippen LogP contribution in [0.4, 0.5) is 4.39 Å². The molecule has 5 nitrogen and oxygen atoms in total. The molecule has 0 saturated carbocycles. The average Bonchev–Trinajstić information content (AvgIpc) is 2.51. The van der Waals surface area contributed by atoms with Crippen LogP contribution in [0.3, 0.4) is 0 Å². The molecule has 1 aromatic carbocycles. The normalized spacial score (nSPS) is 21.8. The molecule has 0 radical (unpaired) electrons. The molecule has 1 aliphatic rings. The molecule has 1 aromatic rings. The number of hydrogen-bond acceptors (Lipinski definition) is 3. The van der Waals surface area contributed by atoms with Crippen LogP contribution in [0.5, 0.6) is 0 Å². The lowest BCUT2D eigenvalue weighted by atomic mass is 9.83. The predicted molar refractivity (Wildman–Crippen MR) is 79.5 cm³/mol. The predicted octanol–water partition coefficient (Wildman–Crippen LogP) is 1.50. The maximum Gasteiger partial charge on any atom is 0.225 e. The average molecular weight is 308 g/mol. The standard InChI is InChI=1S/C16H21FN2O3/c1-19-14(20)8-7-12(16(21)18-9-10-22-2)15(19)11-5-3-4-6-13(11)17/h3-6,12,15H,7-10H2,1-2H3,(H,18,21)/t12-,15-/m1/s1. The number of ether oxygens (including phenoxy) is 1. The number of nitrogens with one attached hydrogen (secondary N) is 1. The highest BCUT2D eigenvalue weighted by atomic mass is 19.1. The first-order valence-electron chi connectivity index (χ1n) is 7.33. The number of piperidine rings is 1. The quantitative estimate of drug-likeness (QED) is 0.839. The van der Waals surface area contributed by atoms with Gasteiger partial charge in [0.1, 0.15) is 5.82 Å². The Bertz CT molecular complexity index is 550. The molecule has 120 valence electrons. The van der Waals surface area contributed by atoms with E-state index in [1.807, 2.05) is 0 Å². The van der Waals surface area contributed by atoms with E-state index in [1.165, 1.54) is 11.0 Å². The second-order valence-corrected chi connectivity index (χ2v) is 5.40. The molecule has 2 atom stereocenters. The van der Waals surface area contributed by atoms with Crippen LogP contribution in [0.15, 0.2) is 24.3 Å². The molecule has 0 aliphatic carbocycles. The highest BCUT2D eigenvalue weighted by molar-refractivity contribution is 5.84. The SMILES string of the molecule is COCCNC(=O)[C@@H]1CCC(=O)N(C)[C@@H]1c1ccccc1F. The Morgan fingerprint density at radius 3 is 2.86 bits per heavy atom. The Balaban J connectivity index is 2.25. The van der Waals surface area contributed by atoms with E-state index in [4.69, 9.17) is 4.74 Å². The molecule has 1 heterocycles. The third kappa shape index (κ3) is 3.44. The highest BCUT2D eigenvalue weighted by Crippen LogP contribution is 2.36. The minimum Gasteiger partial charge on any atom is -0.383 e. The second-order valence-electron chi connectivity index (χ2n) is 5.40. The summed E-state index contributed by atoms with van der Waals surface area (Å²) in [6, 6.07) is 5.71. The van der Waals surface area contributed by atoms with Crippen molar-refractivity contribution in [2.45, 2.75) is 18.9 Å². The van der Waals surface area contributed by atoms with Crippen LogP contribution < -0.4 is 5.32 Å². The van der Waals surface area contributed by atoms with E-state index in [2.05, 4.69) is 5.32 Å². The summed E-state index contributed by atoms with van der Waals surface area (Å²) in [6.45, 7) is 0.811. The molecule has 1 N–H and O–H groups in total. The van der Waals surface area contributed by atoms with Crippen LogP contribution in [-0.2, 0) is 14.3 Å². The molecule has 22 heavy (non-hydrogen) atoms. The molecule has 0 bridgehead atoms. The number of nitrogens with zero attached hydrogens (tertiary/aromatic N) is 1. The number of methoxy groups -OCH3 is 1. The second kappa shape index (κ2) is 7.35. The number of carbonyl (C=O) groups is 2. The summed E-state index contributed by atoms with van der Waals surface area (Å²) >= 11 is 0. The number of amides is 2. The van der Waals surface area contributed by atoms with Crippen molar-refractivity contribution in [3.05, 3.63) is 35.6 Å². The van der Waals surface area contributed by atoms with Crippen molar-refractivity contribution in [1.29, 1.82) is 0 Å². The zero-order valence-electron chi connectivity index (χ0n) is 12.8. The van der Waals surface area contributed by atoms with Gasteiger partial charge >= 0.3 is 0 Å². The van der Waals surface area contributed by atoms with E-state index in [1.54, 1.807) is 32.4 Å².